The van der Waals surface area contributed by atoms with E-state index in [4.69, 9.17) is 5.73 Å². The van der Waals surface area contributed by atoms with E-state index in [1.165, 1.54) is 0 Å². The number of hydrogen-bond donors (Lipinski definition) is 3. The minimum Gasteiger partial charge on any atom is -0.388 e. The average molecular weight is 242 g/mol. The van der Waals surface area contributed by atoms with Crippen LogP contribution in [0, 0.1) is 11.8 Å². The van der Waals surface area contributed by atoms with Crippen LogP contribution < -0.4 is 11.1 Å². The third-order valence-electron chi connectivity index (χ3n) is 4.00. The van der Waals surface area contributed by atoms with Gasteiger partial charge in [-0.05, 0) is 38.5 Å². The van der Waals surface area contributed by atoms with Crippen molar-refractivity contribution in [3.05, 3.63) is 0 Å². The smallest absolute Gasteiger partial charge is 0.224 e. The maximum atomic E-state index is 11.7. The number of amides is 1. The monoisotopic (exact) mass is 242 g/mol. The van der Waals surface area contributed by atoms with Crippen LogP contribution in [0.1, 0.15) is 46.5 Å². The topological polar surface area (TPSA) is 75.3 Å². The highest BCUT2D eigenvalue weighted by molar-refractivity contribution is 5.78. The average Bonchev–Trinajstić information content (AvgIpc) is 2.29. The molecule has 1 amide bonds. The van der Waals surface area contributed by atoms with Crippen LogP contribution in [0.15, 0.2) is 0 Å². The number of carbonyl (C=O) groups is 1. The first-order valence-electron chi connectivity index (χ1n) is 6.60. The van der Waals surface area contributed by atoms with E-state index in [0.717, 1.165) is 25.7 Å². The molecule has 0 radical (unpaired) electrons. The largest absolute Gasteiger partial charge is 0.388 e. The molecule has 0 aromatic heterocycles. The van der Waals surface area contributed by atoms with Crippen LogP contribution in [-0.4, -0.2) is 29.2 Å². The summed E-state index contributed by atoms with van der Waals surface area (Å²) in [6.07, 6.45) is 3.63. The third kappa shape index (κ3) is 4.28. The van der Waals surface area contributed by atoms with Crippen molar-refractivity contribution in [3.8, 4) is 0 Å². The van der Waals surface area contributed by atoms with E-state index < -0.39 is 5.60 Å². The molecule has 4 N–H and O–H groups in total. The molecule has 0 spiro atoms. The summed E-state index contributed by atoms with van der Waals surface area (Å²) in [5.41, 5.74) is 4.96. The number of nitrogens with one attached hydrogen (secondary N) is 1. The second-order valence-electron chi connectivity index (χ2n) is 5.77. The number of rotatable bonds is 4. The first kappa shape index (κ1) is 14.5. The normalized spacial score (nSPS) is 32.9. The Kier molecular flexibility index (Phi) is 4.95. The van der Waals surface area contributed by atoms with Gasteiger partial charge in [-0.25, -0.2) is 0 Å². The van der Waals surface area contributed by atoms with Gasteiger partial charge in [-0.15, -0.1) is 0 Å². The van der Waals surface area contributed by atoms with Gasteiger partial charge in [0, 0.05) is 18.5 Å². The maximum Gasteiger partial charge on any atom is 0.224 e. The lowest BCUT2D eigenvalue weighted by Gasteiger charge is -2.35. The molecule has 100 valence electrons. The van der Waals surface area contributed by atoms with Gasteiger partial charge in [0.1, 0.15) is 0 Å². The summed E-state index contributed by atoms with van der Waals surface area (Å²) in [6.45, 7) is 6.19. The van der Waals surface area contributed by atoms with Crippen molar-refractivity contribution in [2.45, 2.75) is 58.1 Å². The second-order valence-corrected chi connectivity index (χ2v) is 5.77. The van der Waals surface area contributed by atoms with Crippen LogP contribution in [0.4, 0.5) is 0 Å². The molecule has 0 saturated heterocycles. The van der Waals surface area contributed by atoms with E-state index in [2.05, 4.69) is 12.2 Å². The molecule has 4 heteroatoms. The van der Waals surface area contributed by atoms with Crippen molar-refractivity contribution in [1.29, 1.82) is 0 Å². The Bertz CT molecular complexity index is 258. The lowest BCUT2D eigenvalue weighted by molar-refractivity contribution is -0.126. The molecule has 2 atom stereocenters. The van der Waals surface area contributed by atoms with Crippen molar-refractivity contribution in [2.24, 2.45) is 17.6 Å². The van der Waals surface area contributed by atoms with Crippen LogP contribution >= 0.6 is 0 Å². The van der Waals surface area contributed by atoms with Gasteiger partial charge in [0.05, 0.1) is 5.60 Å². The number of nitrogens with two attached hydrogens (primary N) is 1. The fourth-order valence-corrected chi connectivity index (χ4v) is 2.13. The number of aliphatic hydroxyl groups is 1. The van der Waals surface area contributed by atoms with E-state index in [-0.39, 0.29) is 17.9 Å². The molecule has 0 aliphatic heterocycles. The summed E-state index contributed by atoms with van der Waals surface area (Å²) >= 11 is 0. The van der Waals surface area contributed by atoms with Crippen LogP contribution in [0.25, 0.3) is 0 Å². The first-order valence-corrected chi connectivity index (χ1v) is 6.60. The summed E-state index contributed by atoms with van der Waals surface area (Å²) in [7, 11) is 0. The van der Waals surface area contributed by atoms with Gasteiger partial charge in [-0.2, -0.15) is 0 Å². The quantitative estimate of drug-likeness (QED) is 0.689. The highest BCUT2D eigenvalue weighted by atomic mass is 16.3. The zero-order valence-electron chi connectivity index (χ0n) is 11.2. The molecule has 0 aromatic carbocycles. The Balaban J connectivity index is 2.37. The van der Waals surface area contributed by atoms with Crippen LogP contribution in [0.3, 0.4) is 0 Å². The van der Waals surface area contributed by atoms with Gasteiger partial charge in [-0.3, -0.25) is 4.79 Å². The SMILES string of the molecule is CC1CCC(O)(CNC(=O)C(C)C(C)N)CC1. The predicted molar refractivity (Wildman–Crippen MR) is 68.4 cm³/mol. The Morgan fingerprint density at radius 1 is 1.47 bits per heavy atom. The summed E-state index contributed by atoms with van der Waals surface area (Å²) in [4.78, 5) is 11.7. The zero-order valence-corrected chi connectivity index (χ0v) is 11.2. The molecule has 1 rings (SSSR count). The predicted octanol–water partition coefficient (Wildman–Crippen LogP) is 1.03. The molecule has 0 bridgehead atoms. The molecule has 17 heavy (non-hydrogen) atoms. The fourth-order valence-electron chi connectivity index (χ4n) is 2.13. The number of carbonyl (C=O) groups excluding carboxylic acids is 1. The molecule has 1 saturated carbocycles. The van der Waals surface area contributed by atoms with Crippen molar-refractivity contribution in [2.75, 3.05) is 6.54 Å². The summed E-state index contributed by atoms with van der Waals surface area (Å²) < 4.78 is 0. The van der Waals surface area contributed by atoms with Crippen LogP contribution in [0.2, 0.25) is 0 Å². The fraction of sp³-hybridized carbons (Fsp3) is 0.923. The Morgan fingerprint density at radius 2 is 2.00 bits per heavy atom. The standard InChI is InChI=1S/C13H26N2O2/c1-9-4-6-13(17,7-5-9)8-15-12(16)10(2)11(3)14/h9-11,17H,4-8,14H2,1-3H3,(H,15,16). The molecular formula is C13H26N2O2. The van der Waals surface area contributed by atoms with E-state index in [9.17, 15) is 9.90 Å². The molecular weight excluding hydrogens is 216 g/mol. The lowest BCUT2D eigenvalue weighted by atomic mass is 9.79. The molecule has 4 nitrogen and oxygen atoms in total. The Morgan fingerprint density at radius 3 is 2.47 bits per heavy atom. The van der Waals surface area contributed by atoms with Gasteiger partial charge in [0.25, 0.3) is 0 Å². The molecule has 1 fully saturated rings. The van der Waals surface area contributed by atoms with Crippen molar-refractivity contribution in [3.63, 3.8) is 0 Å². The van der Waals surface area contributed by atoms with E-state index >= 15 is 0 Å². The van der Waals surface area contributed by atoms with Gasteiger partial charge in [0.15, 0.2) is 0 Å². The Hall–Kier alpha value is -0.610. The molecule has 0 aromatic rings. The summed E-state index contributed by atoms with van der Waals surface area (Å²) in [5, 5.41) is 13.1. The van der Waals surface area contributed by atoms with Gasteiger partial charge >= 0.3 is 0 Å². The molecule has 2 unspecified atom stereocenters. The summed E-state index contributed by atoms with van der Waals surface area (Å²) in [6, 6.07) is -0.156. The van der Waals surface area contributed by atoms with Crippen LogP contribution in [0.5, 0.6) is 0 Å². The minimum absolute atomic E-state index is 0.0629. The van der Waals surface area contributed by atoms with Crippen LogP contribution in [-0.2, 0) is 4.79 Å². The van der Waals surface area contributed by atoms with Gasteiger partial charge in [0.2, 0.25) is 5.91 Å². The minimum atomic E-state index is -0.709. The highest BCUT2D eigenvalue weighted by Gasteiger charge is 2.32. The van der Waals surface area contributed by atoms with Gasteiger partial charge in [-0.1, -0.05) is 13.8 Å². The number of hydrogen-bond acceptors (Lipinski definition) is 3. The maximum absolute atomic E-state index is 11.7. The Labute approximate surface area is 104 Å². The van der Waals surface area contributed by atoms with E-state index in [1.807, 2.05) is 13.8 Å². The molecule has 0 heterocycles. The van der Waals surface area contributed by atoms with E-state index in [1.54, 1.807) is 0 Å². The second kappa shape index (κ2) is 5.83. The molecule has 1 aliphatic carbocycles. The van der Waals surface area contributed by atoms with Gasteiger partial charge < -0.3 is 16.2 Å². The third-order valence-corrected chi connectivity index (χ3v) is 4.00. The molecule has 1 aliphatic rings. The van der Waals surface area contributed by atoms with Crippen molar-refractivity contribution >= 4 is 5.91 Å². The summed E-state index contributed by atoms with van der Waals surface area (Å²) in [5.74, 6) is 0.419. The van der Waals surface area contributed by atoms with Crippen molar-refractivity contribution in [1.82, 2.24) is 5.32 Å². The van der Waals surface area contributed by atoms with E-state index in [0.29, 0.717) is 12.5 Å². The zero-order chi connectivity index (χ0) is 13.1. The lowest BCUT2D eigenvalue weighted by Crippen LogP contribution is -2.48. The van der Waals surface area contributed by atoms with Crippen molar-refractivity contribution < 1.29 is 9.90 Å². The first-order chi connectivity index (χ1) is 7.84. The highest BCUT2D eigenvalue weighted by Crippen LogP contribution is 2.31.